The van der Waals surface area contributed by atoms with Gasteiger partial charge >= 0.3 is 5.97 Å². The first-order valence-electron chi connectivity index (χ1n) is 6.60. The third-order valence-corrected chi connectivity index (χ3v) is 3.19. The van der Waals surface area contributed by atoms with Crippen molar-refractivity contribution in [2.75, 3.05) is 13.1 Å². The number of carbonyl (C=O) groups is 2. The molecular formula is C15H21NO3. The Morgan fingerprint density at radius 3 is 2.21 bits per heavy atom. The van der Waals surface area contributed by atoms with Crippen LogP contribution in [0.5, 0.6) is 0 Å². The average Bonchev–Trinajstić information content (AvgIpc) is 2.43. The number of nitrogens with zero attached hydrogens (tertiary/aromatic N) is 1. The Morgan fingerprint density at radius 1 is 1.21 bits per heavy atom. The number of hydrogen-bond acceptors (Lipinski definition) is 2. The maximum atomic E-state index is 12.3. The van der Waals surface area contributed by atoms with E-state index < -0.39 is 11.9 Å². The highest BCUT2D eigenvalue weighted by molar-refractivity contribution is 5.94. The SMILES string of the molecule is CCc1ccc(C(=O)N(CC)CC(C)C(=O)O)cc1. The van der Waals surface area contributed by atoms with Crippen LogP contribution in [0.1, 0.15) is 36.7 Å². The van der Waals surface area contributed by atoms with E-state index in [0.717, 1.165) is 6.42 Å². The van der Waals surface area contributed by atoms with Crippen molar-refractivity contribution in [2.45, 2.75) is 27.2 Å². The molecule has 19 heavy (non-hydrogen) atoms. The summed E-state index contributed by atoms with van der Waals surface area (Å²) in [5, 5.41) is 8.91. The van der Waals surface area contributed by atoms with Crippen molar-refractivity contribution in [3.05, 3.63) is 35.4 Å². The molecule has 0 heterocycles. The number of benzene rings is 1. The van der Waals surface area contributed by atoms with Gasteiger partial charge in [0.2, 0.25) is 0 Å². The summed E-state index contributed by atoms with van der Waals surface area (Å²) in [5.74, 6) is -1.55. The van der Waals surface area contributed by atoms with Crippen molar-refractivity contribution in [1.82, 2.24) is 4.90 Å². The molecule has 0 saturated carbocycles. The molecule has 4 heteroatoms. The van der Waals surface area contributed by atoms with E-state index in [2.05, 4.69) is 6.92 Å². The van der Waals surface area contributed by atoms with Gasteiger partial charge in [-0.05, 0) is 31.0 Å². The summed E-state index contributed by atoms with van der Waals surface area (Å²) in [6.45, 7) is 6.27. The van der Waals surface area contributed by atoms with Gasteiger partial charge in [0.15, 0.2) is 0 Å². The van der Waals surface area contributed by atoms with E-state index in [-0.39, 0.29) is 12.5 Å². The van der Waals surface area contributed by atoms with Gasteiger partial charge in [0.05, 0.1) is 5.92 Å². The highest BCUT2D eigenvalue weighted by Crippen LogP contribution is 2.10. The number of carbonyl (C=O) groups excluding carboxylic acids is 1. The predicted octanol–water partition coefficient (Wildman–Crippen LogP) is 2.43. The molecule has 1 unspecified atom stereocenters. The predicted molar refractivity (Wildman–Crippen MR) is 74.2 cm³/mol. The summed E-state index contributed by atoms with van der Waals surface area (Å²) in [6, 6.07) is 7.47. The molecule has 1 amide bonds. The molecule has 0 bridgehead atoms. The van der Waals surface area contributed by atoms with E-state index in [1.165, 1.54) is 5.56 Å². The lowest BCUT2D eigenvalue weighted by Crippen LogP contribution is -2.36. The fourth-order valence-electron chi connectivity index (χ4n) is 1.83. The number of aliphatic carboxylic acids is 1. The normalized spacial score (nSPS) is 11.9. The zero-order valence-corrected chi connectivity index (χ0v) is 11.7. The van der Waals surface area contributed by atoms with Crippen molar-refractivity contribution in [3.8, 4) is 0 Å². The van der Waals surface area contributed by atoms with Crippen LogP contribution in [0.4, 0.5) is 0 Å². The lowest BCUT2D eigenvalue weighted by molar-refractivity contribution is -0.141. The first-order valence-corrected chi connectivity index (χ1v) is 6.60. The second kappa shape index (κ2) is 6.92. The molecule has 1 N–H and O–H groups in total. The standard InChI is InChI=1S/C15H21NO3/c1-4-12-6-8-13(9-7-12)14(17)16(5-2)10-11(3)15(18)19/h6-9,11H,4-5,10H2,1-3H3,(H,18,19). The van der Waals surface area contributed by atoms with Gasteiger partial charge in [-0.15, -0.1) is 0 Å². The van der Waals surface area contributed by atoms with Crippen LogP contribution in [-0.2, 0) is 11.2 Å². The Bertz CT molecular complexity index is 439. The minimum absolute atomic E-state index is 0.113. The van der Waals surface area contributed by atoms with Crippen LogP contribution in [0.15, 0.2) is 24.3 Å². The molecule has 1 aromatic carbocycles. The summed E-state index contributed by atoms with van der Waals surface area (Å²) in [6.07, 6.45) is 0.933. The van der Waals surface area contributed by atoms with Crippen LogP contribution in [0.3, 0.4) is 0 Å². The molecule has 1 aromatic rings. The molecular weight excluding hydrogens is 242 g/mol. The molecule has 0 aliphatic carbocycles. The maximum Gasteiger partial charge on any atom is 0.308 e. The fraction of sp³-hybridized carbons (Fsp3) is 0.467. The van der Waals surface area contributed by atoms with E-state index in [4.69, 9.17) is 5.11 Å². The van der Waals surface area contributed by atoms with Gasteiger partial charge in [0, 0.05) is 18.7 Å². The number of rotatable bonds is 6. The zero-order valence-electron chi connectivity index (χ0n) is 11.7. The Kier molecular flexibility index (Phi) is 5.55. The van der Waals surface area contributed by atoms with E-state index in [1.807, 2.05) is 19.1 Å². The first kappa shape index (κ1) is 15.2. The zero-order chi connectivity index (χ0) is 14.4. The van der Waals surface area contributed by atoms with Gasteiger partial charge in [0.1, 0.15) is 0 Å². The van der Waals surface area contributed by atoms with Crippen molar-refractivity contribution >= 4 is 11.9 Å². The van der Waals surface area contributed by atoms with Crippen molar-refractivity contribution in [2.24, 2.45) is 5.92 Å². The molecule has 0 aliphatic heterocycles. The highest BCUT2D eigenvalue weighted by atomic mass is 16.4. The van der Waals surface area contributed by atoms with Gasteiger partial charge in [-0.1, -0.05) is 26.0 Å². The molecule has 0 aromatic heterocycles. The first-order chi connectivity index (χ1) is 8.99. The molecule has 0 saturated heterocycles. The maximum absolute atomic E-state index is 12.3. The monoisotopic (exact) mass is 263 g/mol. The van der Waals surface area contributed by atoms with Crippen molar-refractivity contribution in [3.63, 3.8) is 0 Å². The fourth-order valence-corrected chi connectivity index (χ4v) is 1.83. The molecule has 0 aliphatic rings. The molecule has 0 radical (unpaired) electrons. The minimum Gasteiger partial charge on any atom is -0.481 e. The lowest BCUT2D eigenvalue weighted by Gasteiger charge is -2.23. The van der Waals surface area contributed by atoms with E-state index >= 15 is 0 Å². The topological polar surface area (TPSA) is 57.6 Å². The Morgan fingerprint density at radius 2 is 1.79 bits per heavy atom. The van der Waals surface area contributed by atoms with Crippen LogP contribution >= 0.6 is 0 Å². The van der Waals surface area contributed by atoms with E-state index in [9.17, 15) is 9.59 Å². The molecule has 104 valence electrons. The van der Waals surface area contributed by atoms with Crippen LogP contribution in [0.2, 0.25) is 0 Å². The second-order valence-electron chi connectivity index (χ2n) is 4.63. The van der Waals surface area contributed by atoms with E-state index in [0.29, 0.717) is 12.1 Å². The summed E-state index contributed by atoms with van der Waals surface area (Å²) in [4.78, 5) is 24.7. The third-order valence-electron chi connectivity index (χ3n) is 3.19. The van der Waals surface area contributed by atoms with Crippen LogP contribution in [0.25, 0.3) is 0 Å². The lowest BCUT2D eigenvalue weighted by atomic mass is 10.1. The average molecular weight is 263 g/mol. The number of hydrogen-bond donors (Lipinski definition) is 1. The van der Waals surface area contributed by atoms with Crippen LogP contribution < -0.4 is 0 Å². The van der Waals surface area contributed by atoms with Crippen molar-refractivity contribution < 1.29 is 14.7 Å². The van der Waals surface area contributed by atoms with Gasteiger partial charge < -0.3 is 10.0 Å². The minimum atomic E-state index is -0.882. The molecule has 0 fully saturated rings. The van der Waals surface area contributed by atoms with Crippen LogP contribution in [-0.4, -0.2) is 35.0 Å². The summed E-state index contributed by atoms with van der Waals surface area (Å²) >= 11 is 0. The Balaban J connectivity index is 2.79. The van der Waals surface area contributed by atoms with Gasteiger partial charge in [-0.25, -0.2) is 0 Å². The third kappa shape index (κ3) is 4.09. The van der Waals surface area contributed by atoms with Gasteiger partial charge in [-0.3, -0.25) is 9.59 Å². The smallest absolute Gasteiger partial charge is 0.308 e. The number of amides is 1. The molecule has 1 rings (SSSR count). The summed E-state index contributed by atoms with van der Waals surface area (Å²) in [7, 11) is 0. The number of aryl methyl sites for hydroxylation is 1. The number of carboxylic acid groups (broad SMARTS) is 1. The van der Waals surface area contributed by atoms with Gasteiger partial charge in [0.25, 0.3) is 5.91 Å². The Hall–Kier alpha value is -1.84. The highest BCUT2D eigenvalue weighted by Gasteiger charge is 2.20. The summed E-state index contributed by atoms with van der Waals surface area (Å²) in [5.41, 5.74) is 1.79. The molecule has 4 nitrogen and oxygen atoms in total. The number of carboxylic acids is 1. The van der Waals surface area contributed by atoms with Crippen LogP contribution in [0, 0.1) is 5.92 Å². The summed E-state index contributed by atoms with van der Waals surface area (Å²) < 4.78 is 0. The van der Waals surface area contributed by atoms with Crippen molar-refractivity contribution in [1.29, 1.82) is 0 Å². The quantitative estimate of drug-likeness (QED) is 0.857. The molecule has 0 spiro atoms. The largest absolute Gasteiger partial charge is 0.481 e. The second-order valence-corrected chi connectivity index (χ2v) is 4.63. The Labute approximate surface area is 114 Å². The molecule has 1 atom stereocenters. The van der Waals surface area contributed by atoms with Gasteiger partial charge in [-0.2, -0.15) is 0 Å². The van der Waals surface area contributed by atoms with E-state index in [1.54, 1.807) is 24.0 Å².